The summed E-state index contributed by atoms with van der Waals surface area (Å²) in [4.78, 5) is 32.0. The molecule has 1 saturated heterocycles. The molecule has 4 aromatic rings. The number of Topliss-reactive ketones (excluding diaryl/α,β-unsaturated/α-hetero) is 1. The maximum absolute atomic E-state index is 13.7. The lowest BCUT2D eigenvalue weighted by Gasteiger charge is -2.26. The van der Waals surface area contributed by atoms with Gasteiger partial charge in [-0.1, -0.05) is 39.0 Å². The predicted octanol–water partition coefficient (Wildman–Crippen LogP) is 5.83. The van der Waals surface area contributed by atoms with Gasteiger partial charge in [0.05, 0.1) is 18.7 Å². The van der Waals surface area contributed by atoms with Crippen LogP contribution < -0.4 is 19.1 Å². The first kappa shape index (κ1) is 24.6. The highest BCUT2D eigenvalue weighted by atomic mass is 16.7. The Hall–Kier alpha value is -4.72. The highest BCUT2D eigenvalue weighted by Gasteiger charge is 2.48. The molecule has 3 aromatic carbocycles. The topological polar surface area (TPSA) is 101 Å². The number of ketones is 1. The molecule has 1 unspecified atom stereocenters. The van der Waals surface area contributed by atoms with Crippen LogP contribution in [0.4, 0.5) is 5.69 Å². The summed E-state index contributed by atoms with van der Waals surface area (Å²) in [7, 11) is 1.60. The Kier molecular flexibility index (Phi) is 5.64. The van der Waals surface area contributed by atoms with Gasteiger partial charge in [0, 0.05) is 45.5 Å². The summed E-state index contributed by atoms with van der Waals surface area (Å²) in [6, 6.07) is 17.1. The van der Waals surface area contributed by atoms with Crippen LogP contribution in [-0.4, -0.2) is 35.7 Å². The van der Waals surface area contributed by atoms with Gasteiger partial charge in [0.2, 0.25) is 6.79 Å². The van der Waals surface area contributed by atoms with E-state index in [9.17, 15) is 14.7 Å². The summed E-state index contributed by atoms with van der Waals surface area (Å²) in [5, 5.41) is 12.5. The van der Waals surface area contributed by atoms with E-state index in [4.69, 9.17) is 14.2 Å². The Morgan fingerprint density at radius 1 is 1.03 bits per heavy atom. The van der Waals surface area contributed by atoms with Gasteiger partial charge in [-0.15, -0.1) is 0 Å². The lowest BCUT2D eigenvalue weighted by molar-refractivity contribution is -0.132. The number of benzene rings is 3. The number of aliphatic hydroxyl groups is 1. The number of rotatable bonds is 4. The van der Waals surface area contributed by atoms with Crippen molar-refractivity contribution < 1.29 is 28.9 Å². The molecule has 3 heterocycles. The Morgan fingerprint density at radius 2 is 1.79 bits per heavy atom. The molecule has 6 rings (SSSR count). The van der Waals surface area contributed by atoms with E-state index in [2.05, 4.69) is 4.98 Å². The number of aromatic nitrogens is 1. The number of fused-ring (bicyclic) bond motifs is 2. The predicted molar refractivity (Wildman–Crippen MR) is 147 cm³/mol. The van der Waals surface area contributed by atoms with Crippen molar-refractivity contribution in [2.75, 3.05) is 18.8 Å². The maximum atomic E-state index is 13.7. The maximum Gasteiger partial charge on any atom is 0.300 e. The molecular formula is C31H28N2O6. The highest BCUT2D eigenvalue weighted by molar-refractivity contribution is 6.52. The van der Waals surface area contributed by atoms with Gasteiger partial charge >= 0.3 is 0 Å². The number of aromatic amines is 1. The molecule has 0 aliphatic carbocycles. The van der Waals surface area contributed by atoms with Gasteiger partial charge in [-0.05, 0) is 41.8 Å². The van der Waals surface area contributed by atoms with Crippen LogP contribution in [0.25, 0.3) is 16.7 Å². The number of aliphatic hydroxyl groups excluding tert-OH is 1. The van der Waals surface area contributed by atoms with Crippen LogP contribution in [0.15, 0.2) is 72.4 Å². The first-order chi connectivity index (χ1) is 18.7. The van der Waals surface area contributed by atoms with E-state index < -0.39 is 17.7 Å². The molecule has 1 atom stereocenters. The number of anilines is 1. The molecule has 8 nitrogen and oxygen atoms in total. The summed E-state index contributed by atoms with van der Waals surface area (Å²) >= 11 is 0. The van der Waals surface area contributed by atoms with E-state index >= 15 is 0 Å². The van der Waals surface area contributed by atoms with Crippen molar-refractivity contribution in [1.82, 2.24) is 4.98 Å². The summed E-state index contributed by atoms with van der Waals surface area (Å²) in [6.07, 6.45) is 1.78. The number of methoxy groups -OCH3 is 1. The Morgan fingerprint density at radius 3 is 2.56 bits per heavy atom. The monoisotopic (exact) mass is 524 g/mol. The van der Waals surface area contributed by atoms with Crippen LogP contribution in [0.3, 0.4) is 0 Å². The van der Waals surface area contributed by atoms with Gasteiger partial charge in [-0.2, -0.15) is 0 Å². The molecule has 0 radical (unpaired) electrons. The zero-order chi connectivity index (χ0) is 27.5. The first-order valence-corrected chi connectivity index (χ1v) is 12.6. The second-order valence-electron chi connectivity index (χ2n) is 10.7. The zero-order valence-electron chi connectivity index (χ0n) is 22.1. The standard InChI is InChI=1S/C31H28N2O6/c1-31(2,3)21-13-17(9-11-23(21)37-4)28(34)26-27(20-15-32-22-8-6-5-7-19(20)22)33(30(36)29(26)35)18-10-12-24-25(14-18)39-16-38-24/h5-15,27,32,34H,16H2,1-4H3/b28-26+. The normalized spacial score (nSPS) is 18.3. The molecule has 0 bridgehead atoms. The van der Waals surface area contributed by atoms with Crippen molar-refractivity contribution in [3.8, 4) is 17.2 Å². The average Bonchev–Trinajstić information content (AvgIpc) is 3.63. The lowest BCUT2D eigenvalue weighted by Crippen LogP contribution is -2.29. The van der Waals surface area contributed by atoms with Crippen molar-refractivity contribution in [3.63, 3.8) is 0 Å². The molecule has 0 saturated carbocycles. The fraction of sp³-hybridized carbons (Fsp3) is 0.226. The number of ether oxygens (including phenoxy) is 3. The molecule has 2 N–H and O–H groups in total. The summed E-state index contributed by atoms with van der Waals surface area (Å²) in [5.74, 6) is -0.0409. The summed E-state index contributed by atoms with van der Waals surface area (Å²) in [5.41, 5.74) is 3.00. The number of para-hydroxylation sites is 1. The van der Waals surface area contributed by atoms with Gasteiger partial charge in [-0.25, -0.2) is 0 Å². The quantitative estimate of drug-likeness (QED) is 0.198. The van der Waals surface area contributed by atoms with Crippen LogP contribution in [-0.2, 0) is 15.0 Å². The fourth-order valence-corrected chi connectivity index (χ4v) is 5.35. The molecule has 8 heteroatoms. The van der Waals surface area contributed by atoms with Crippen LogP contribution in [0.1, 0.15) is 43.5 Å². The van der Waals surface area contributed by atoms with Crippen LogP contribution in [0.2, 0.25) is 0 Å². The second-order valence-corrected chi connectivity index (χ2v) is 10.7. The molecule has 2 aliphatic heterocycles. The largest absolute Gasteiger partial charge is 0.507 e. The lowest BCUT2D eigenvalue weighted by atomic mass is 9.84. The number of nitrogens with zero attached hydrogens (tertiary/aromatic N) is 1. The Bertz CT molecular complexity index is 1680. The van der Waals surface area contributed by atoms with Gasteiger partial charge in [0.15, 0.2) is 11.5 Å². The fourth-order valence-electron chi connectivity index (χ4n) is 5.35. The number of hydrogen-bond acceptors (Lipinski definition) is 6. The molecular weight excluding hydrogens is 496 g/mol. The average molecular weight is 525 g/mol. The van der Waals surface area contributed by atoms with Crippen molar-refractivity contribution in [1.29, 1.82) is 0 Å². The number of nitrogens with one attached hydrogen (secondary N) is 1. The molecule has 2 aliphatic rings. The third kappa shape index (κ3) is 3.91. The SMILES string of the molecule is COc1ccc(/C(O)=C2\C(=O)C(=O)N(c3ccc4c(c3)OCO4)C2c2c[nH]c3ccccc23)cc1C(C)(C)C. The third-order valence-corrected chi connectivity index (χ3v) is 7.28. The van der Waals surface area contributed by atoms with Crippen molar-refractivity contribution in [2.45, 2.75) is 32.2 Å². The van der Waals surface area contributed by atoms with E-state index in [1.807, 2.05) is 51.1 Å². The summed E-state index contributed by atoms with van der Waals surface area (Å²) < 4.78 is 16.5. The Labute approximate surface area is 225 Å². The van der Waals surface area contributed by atoms with Gasteiger partial charge in [0.25, 0.3) is 11.7 Å². The van der Waals surface area contributed by atoms with Crippen LogP contribution in [0.5, 0.6) is 17.2 Å². The molecule has 1 fully saturated rings. The van der Waals surface area contributed by atoms with E-state index in [0.29, 0.717) is 34.1 Å². The van der Waals surface area contributed by atoms with E-state index in [-0.39, 0.29) is 23.5 Å². The van der Waals surface area contributed by atoms with Gasteiger partial charge in [-0.3, -0.25) is 14.5 Å². The minimum absolute atomic E-state index is 0.00689. The van der Waals surface area contributed by atoms with Crippen LogP contribution >= 0.6 is 0 Å². The van der Waals surface area contributed by atoms with E-state index in [1.54, 1.807) is 43.6 Å². The van der Waals surface area contributed by atoms with E-state index in [1.165, 1.54) is 4.90 Å². The van der Waals surface area contributed by atoms with Gasteiger partial charge in [0.1, 0.15) is 11.5 Å². The van der Waals surface area contributed by atoms with Crippen LogP contribution in [0, 0.1) is 0 Å². The zero-order valence-corrected chi connectivity index (χ0v) is 22.1. The molecule has 0 spiro atoms. The first-order valence-electron chi connectivity index (χ1n) is 12.6. The van der Waals surface area contributed by atoms with Crippen molar-refractivity contribution in [3.05, 3.63) is 89.1 Å². The third-order valence-electron chi connectivity index (χ3n) is 7.28. The van der Waals surface area contributed by atoms with Crippen molar-refractivity contribution >= 4 is 34.0 Å². The number of carbonyl (C=O) groups is 2. The van der Waals surface area contributed by atoms with Gasteiger partial charge < -0.3 is 24.3 Å². The number of carbonyl (C=O) groups excluding carboxylic acids is 2. The highest BCUT2D eigenvalue weighted by Crippen LogP contribution is 2.47. The molecule has 1 aromatic heterocycles. The number of amides is 1. The Balaban J connectivity index is 1.59. The minimum atomic E-state index is -0.887. The second kappa shape index (κ2) is 8.94. The molecule has 198 valence electrons. The smallest absolute Gasteiger partial charge is 0.300 e. The number of H-pyrrole nitrogens is 1. The minimum Gasteiger partial charge on any atom is -0.507 e. The molecule has 1 amide bonds. The number of hydrogen-bond donors (Lipinski definition) is 2. The molecule has 39 heavy (non-hydrogen) atoms. The summed E-state index contributed by atoms with van der Waals surface area (Å²) in [6.45, 7) is 6.20. The van der Waals surface area contributed by atoms with E-state index in [0.717, 1.165) is 16.5 Å². The van der Waals surface area contributed by atoms with Crippen molar-refractivity contribution in [2.24, 2.45) is 0 Å².